The fourth-order valence-electron chi connectivity index (χ4n) is 2.13. The minimum Gasteiger partial charge on any atom is -0.496 e. The molecule has 0 atom stereocenters. The molecule has 2 N–H and O–H groups in total. The normalized spacial score (nSPS) is 12.0. The number of carbonyl (C=O) groups is 1. The highest BCUT2D eigenvalue weighted by atomic mass is 16.6. The Balaban J connectivity index is 2.52. The third kappa shape index (κ3) is 7.37. The van der Waals surface area contributed by atoms with Gasteiger partial charge in [0.25, 0.3) is 0 Å². The van der Waals surface area contributed by atoms with Crippen LogP contribution in [0.4, 0.5) is 4.79 Å². The van der Waals surface area contributed by atoms with Gasteiger partial charge in [-0.05, 0) is 53.2 Å². The van der Waals surface area contributed by atoms with Gasteiger partial charge in [0.15, 0.2) is 0 Å². The second kappa shape index (κ2) is 7.68. The fourth-order valence-corrected chi connectivity index (χ4v) is 2.13. The van der Waals surface area contributed by atoms with Gasteiger partial charge in [-0.2, -0.15) is 0 Å². The summed E-state index contributed by atoms with van der Waals surface area (Å²) in [7, 11) is 1.67. The number of amides is 1. The molecule has 0 unspecified atom stereocenters. The summed E-state index contributed by atoms with van der Waals surface area (Å²) in [5.41, 5.74) is 1.34. The molecule has 1 amide bonds. The van der Waals surface area contributed by atoms with Gasteiger partial charge in [0.05, 0.1) is 12.6 Å². The second-order valence-corrected chi connectivity index (χ2v) is 7.43. The lowest BCUT2D eigenvalue weighted by molar-refractivity contribution is 0.0472. The van der Waals surface area contributed by atoms with Crippen molar-refractivity contribution in [3.05, 3.63) is 29.3 Å². The number of alkyl carbamates (subject to hydrolysis) is 1. The lowest BCUT2D eigenvalue weighted by atomic mass is 10.1. The van der Waals surface area contributed by atoms with Crippen molar-refractivity contribution in [3.8, 4) is 5.75 Å². The van der Waals surface area contributed by atoms with Gasteiger partial charge in [-0.3, -0.25) is 0 Å². The molecule has 5 nitrogen and oxygen atoms in total. The van der Waals surface area contributed by atoms with Crippen molar-refractivity contribution < 1.29 is 14.3 Å². The van der Waals surface area contributed by atoms with E-state index in [0.29, 0.717) is 13.1 Å². The Hall–Kier alpha value is -1.75. The van der Waals surface area contributed by atoms with Crippen LogP contribution in [0.3, 0.4) is 0 Å². The summed E-state index contributed by atoms with van der Waals surface area (Å²) in [6, 6.07) is 6.13. The van der Waals surface area contributed by atoms with Gasteiger partial charge in [0.2, 0.25) is 0 Å². The number of hydrogen-bond donors (Lipinski definition) is 2. The number of carbonyl (C=O) groups excluding carboxylic acids is 1. The summed E-state index contributed by atoms with van der Waals surface area (Å²) in [5, 5.41) is 6.24. The van der Waals surface area contributed by atoms with Gasteiger partial charge >= 0.3 is 6.09 Å². The summed E-state index contributed by atoms with van der Waals surface area (Å²) in [4.78, 5) is 11.9. The minimum absolute atomic E-state index is 0.405. The van der Waals surface area contributed by atoms with Gasteiger partial charge in [-0.15, -0.1) is 0 Å². The number of ether oxygens (including phenoxy) is 2. The highest BCUT2D eigenvalue weighted by Gasteiger charge is 2.24. The fraction of sp³-hybridized carbons (Fsp3) is 0.611. The molecule has 0 saturated heterocycles. The van der Waals surface area contributed by atoms with Crippen molar-refractivity contribution >= 4 is 6.09 Å². The molecule has 130 valence electrons. The zero-order valence-electron chi connectivity index (χ0n) is 15.4. The van der Waals surface area contributed by atoms with E-state index in [1.165, 1.54) is 0 Å². The molecule has 23 heavy (non-hydrogen) atoms. The maximum Gasteiger partial charge on any atom is 0.408 e. The van der Waals surface area contributed by atoms with E-state index in [1.54, 1.807) is 7.11 Å². The van der Waals surface area contributed by atoms with Crippen LogP contribution in [0.25, 0.3) is 0 Å². The highest BCUT2D eigenvalue weighted by Crippen LogP contribution is 2.19. The first-order chi connectivity index (χ1) is 10.5. The van der Waals surface area contributed by atoms with Crippen molar-refractivity contribution in [1.82, 2.24) is 10.6 Å². The van der Waals surface area contributed by atoms with E-state index in [9.17, 15) is 4.79 Å². The molecule has 0 heterocycles. The zero-order chi connectivity index (χ0) is 17.7. The molecule has 0 radical (unpaired) electrons. The summed E-state index contributed by atoms with van der Waals surface area (Å²) < 4.78 is 10.7. The zero-order valence-corrected chi connectivity index (χ0v) is 15.4. The topological polar surface area (TPSA) is 59.6 Å². The number of nitrogens with one attached hydrogen (secondary N) is 2. The molecule has 1 aromatic rings. The minimum atomic E-state index is -0.497. The van der Waals surface area contributed by atoms with Crippen LogP contribution in [-0.2, 0) is 11.3 Å². The van der Waals surface area contributed by atoms with E-state index >= 15 is 0 Å². The van der Waals surface area contributed by atoms with Gasteiger partial charge in [-0.1, -0.05) is 12.1 Å². The maximum atomic E-state index is 11.9. The van der Waals surface area contributed by atoms with Gasteiger partial charge in [0.1, 0.15) is 11.4 Å². The molecule has 0 saturated carbocycles. The number of rotatable bonds is 6. The van der Waals surface area contributed by atoms with E-state index in [2.05, 4.69) is 22.8 Å². The van der Waals surface area contributed by atoms with Crippen LogP contribution >= 0.6 is 0 Å². The van der Waals surface area contributed by atoms with E-state index in [0.717, 1.165) is 16.9 Å². The van der Waals surface area contributed by atoms with Crippen molar-refractivity contribution in [1.29, 1.82) is 0 Å². The molecule has 0 aromatic heterocycles. The third-order valence-corrected chi connectivity index (χ3v) is 3.16. The Morgan fingerprint density at radius 3 is 2.39 bits per heavy atom. The molecule has 0 aliphatic carbocycles. The van der Waals surface area contributed by atoms with Crippen LogP contribution in [-0.4, -0.2) is 30.9 Å². The number of aryl methyl sites for hydroxylation is 1. The Labute approximate surface area is 139 Å². The summed E-state index contributed by atoms with van der Waals surface area (Å²) in [5.74, 6) is 0.871. The first kappa shape index (κ1) is 19.3. The van der Waals surface area contributed by atoms with E-state index in [1.807, 2.05) is 47.6 Å². The predicted molar refractivity (Wildman–Crippen MR) is 92.9 cm³/mol. The van der Waals surface area contributed by atoms with Crippen molar-refractivity contribution in [2.45, 2.75) is 59.2 Å². The first-order valence-electron chi connectivity index (χ1n) is 7.88. The third-order valence-electron chi connectivity index (χ3n) is 3.16. The maximum absolute atomic E-state index is 11.9. The molecule has 5 heteroatoms. The summed E-state index contributed by atoms with van der Waals surface area (Å²) in [6.45, 7) is 12.8. The quantitative estimate of drug-likeness (QED) is 0.843. The van der Waals surface area contributed by atoms with Crippen LogP contribution in [0.1, 0.15) is 45.7 Å². The van der Waals surface area contributed by atoms with Gasteiger partial charge in [-0.25, -0.2) is 4.79 Å². The molecule has 0 spiro atoms. The van der Waals surface area contributed by atoms with Crippen LogP contribution in [0, 0.1) is 6.92 Å². The second-order valence-electron chi connectivity index (χ2n) is 7.43. The molecular formula is C18H30N2O3. The van der Waals surface area contributed by atoms with E-state index < -0.39 is 17.2 Å². The van der Waals surface area contributed by atoms with E-state index in [-0.39, 0.29) is 0 Å². The summed E-state index contributed by atoms with van der Waals surface area (Å²) >= 11 is 0. The summed E-state index contributed by atoms with van der Waals surface area (Å²) in [6.07, 6.45) is -0.405. The molecule has 1 aromatic carbocycles. The van der Waals surface area contributed by atoms with Crippen LogP contribution in [0.5, 0.6) is 5.75 Å². The Bertz CT molecular complexity index is 534. The largest absolute Gasteiger partial charge is 0.496 e. The smallest absolute Gasteiger partial charge is 0.408 e. The number of methoxy groups -OCH3 is 1. The van der Waals surface area contributed by atoms with Crippen LogP contribution < -0.4 is 15.4 Å². The number of benzene rings is 1. The average Bonchev–Trinajstić information content (AvgIpc) is 2.37. The Morgan fingerprint density at radius 2 is 1.83 bits per heavy atom. The number of hydrogen-bond acceptors (Lipinski definition) is 4. The lowest BCUT2D eigenvalue weighted by Crippen LogP contribution is -2.51. The van der Waals surface area contributed by atoms with Crippen molar-refractivity contribution in [2.75, 3.05) is 13.7 Å². The molecule has 0 bridgehead atoms. The Morgan fingerprint density at radius 1 is 1.17 bits per heavy atom. The van der Waals surface area contributed by atoms with E-state index in [4.69, 9.17) is 9.47 Å². The highest BCUT2D eigenvalue weighted by molar-refractivity contribution is 5.68. The predicted octanol–water partition coefficient (Wildman–Crippen LogP) is 3.40. The molecule has 0 aliphatic rings. The van der Waals surface area contributed by atoms with Gasteiger partial charge in [0, 0.05) is 18.7 Å². The standard InChI is InChI=1S/C18H30N2O3/c1-13-8-9-14(15(10-13)22-7)11-19-12-18(5,6)20-16(21)23-17(2,3)4/h8-10,19H,11-12H2,1-7H3,(H,20,21). The molecule has 0 fully saturated rings. The SMILES string of the molecule is COc1cc(C)ccc1CNCC(C)(C)NC(=O)OC(C)(C)C. The van der Waals surface area contributed by atoms with Crippen molar-refractivity contribution in [3.63, 3.8) is 0 Å². The molecule has 1 rings (SSSR count). The van der Waals surface area contributed by atoms with Gasteiger partial charge < -0.3 is 20.1 Å². The van der Waals surface area contributed by atoms with Crippen LogP contribution in [0.2, 0.25) is 0 Å². The molecular weight excluding hydrogens is 292 g/mol. The molecule has 0 aliphatic heterocycles. The van der Waals surface area contributed by atoms with Crippen molar-refractivity contribution in [2.24, 2.45) is 0 Å². The lowest BCUT2D eigenvalue weighted by Gasteiger charge is -2.29. The van der Waals surface area contributed by atoms with Crippen LogP contribution in [0.15, 0.2) is 18.2 Å². The Kier molecular flexibility index (Phi) is 6.45. The first-order valence-corrected chi connectivity index (χ1v) is 7.88. The monoisotopic (exact) mass is 322 g/mol. The average molecular weight is 322 g/mol.